The van der Waals surface area contributed by atoms with Crippen molar-refractivity contribution in [3.63, 3.8) is 0 Å². The lowest BCUT2D eigenvalue weighted by molar-refractivity contribution is -0.0229. The molecule has 0 aliphatic carbocycles. The third kappa shape index (κ3) is 4.35. The number of benzene rings is 2. The number of aliphatic hydroxyl groups is 1. The van der Waals surface area contributed by atoms with Crippen molar-refractivity contribution in [1.82, 2.24) is 4.90 Å². The normalized spacial score (nSPS) is 19.6. The van der Waals surface area contributed by atoms with Crippen LogP contribution in [-0.2, 0) is 0 Å². The Morgan fingerprint density at radius 3 is 2.61 bits per heavy atom. The molecular formula is C25H31NO5. The van der Waals surface area contributed by atoms with Crippen LogP contribution in [0.4, 0.5) is 0 Å². The highest BCUT2D eigenvalue weighted by Crippen LogP contribution is 2.45. The molecule has 2 aromatic rings. The molecule has 6 nitrogen and oxygen atoms in total. The molecule has 2 heterocycles. The molecule has 6 heteroatoms. The summed E-state index contributed by atoms with van der Waals surface area (Å²) in [5.41, 5.74) is 1.34. The highest BCUT2D eigenvalue weighted by Gasteiger charge is 2.43. The molecule has 1 N–H and O–H groups in total. The van der Waals surface area contributed by atoms with Gasteiger partial charge in [0.1, 0.15) is 11.4 Å². The molecule has 1 atom stereocenters. The molecule has 2 aliphatic heterocycles. The van der Waals surface area contributed by atoms with E-state index >= 15 is 0 Å². The average molecular weight is 426 g/mol. The number of para-hydroxylation sites is 1. The van der Waals surface area contributed by atoms with Crippen LogP contribution >= 0.6 is 0 Å². The maximum Gasteiger partial charge on any atom is 0.253 e. The molecule has 166 valence electrons. The molecule has 1 amide bonds. The van der Waals surface area contributed by atoms with Crippen molar-refractivity contribution in [1.29, 1.82) is 0 Å². The van der Waals surface area contributed by atoms with Gasteiger partial charge in [-0.1, -0.05) is 18.2 Å². The lowest BCUT2D eigenvalue weighted by Gasteiger charge is -2.46. The minimum absolute atomic E-state index is 0.0147. The maximum atomic E-state index is 13.1. The smallest absolute Gasteiger partial charge is 0.253 e. The third-order valence-electron chi connectivity index (χ3n) is 6.26. The lowest BCUT2D eigenvalue weighted by atomic mass is 9.77. The van der Waals surface area contributed by atoms with Crippen LogP contribution in [0.1, 0.15) is 54.9 Å². The van der Waals surface area contributed by atoms with Gasteiger partial charge in [0.15, 0.2) is 11.5 Å². The summed E-state index contributed by atoms with van der Waals surface area (Å²) in [6.45, 7) is 5.25. The topological polar surface area (TPSA) is 68.2 Å². The second-order valence-electron chi connectivity index (χ2n) is 8.73. The van der Waals surface area contributed by atoms with E-state index in [9.17, 15) is 9.90 Å². The van der Waals surface area contributed by atoms with Crippen LogP contribution in [-0.4, -0.2) is 54.4 Å². The fourth-order valence-electron chi connectivity index (χ4n) is 4.67. The molecule has 0 saturated carbocycles. The first kappa shape index (κ1) is 21.5. The van der Waals surface area contributed by atoms with E-state index in [2.05, 4.69) is 0 Å². The zero-order chi connectivity index (χ0) is 22.0. The van der Waals surface area contributed by atoms with Gasteiger partial charge in [-0.25, -0.2) is 0 Å². The van der Waals surface area contributed by atoms with E-state index in [1.54, 1.807) is 25.3 Å². The molecule has 31 heavy (non-hydrogen) atoms. The molecule has 1 saturated heterocycles. The molecule has 0 radical (unpaired) electrons. The van der Waals surface area contributed by atoms with Crippen LogP contribution in [0.3, 0.4) is 0 Å². The Bertz CT molecular complexity index is 933. The summed E-state index contributed by atoms with van der Waals surface area (Å²) in [5, 5.41) is 9.92. The standard InChI is InChI=1S/C25H31NO5/c1-17(2)30-22-9-8-18(14-23(22)29-3)24(28)26-12-10-25(11-13-26)15-19(16-27)20-6-4-5-7-21(20)31-25/h4-9,14,17,19,27H,10-13,15-16H2,1-3H3. The van der Waals surface area contributed by atoms with Gasteiger partial charge in [0.2, 0.25) is 0 Å². The van der Waals surface area contributed by atoms with Gasteiger partial charge in [-0.3, -0.25) is 4.79 Å². The number of rotatable bonds is 5. The second kappa shape index (κ2) is 8.79. The molecule has 1 spiro atoms. The molecule has 0 bridgehead atoms. The highest BCUT2D eigenvalue weighted by atomic mass is 16.5. The van der Waals surface area contributed by atoms with Crippen molar-refractivity contribution in [2.45, 2.75) is 50.7 Å². The zero-order valence-electron chi connectivity index (χ0n) is 18.5. The lowest BCUT2D eigenvalue weighted by Crippen LogP contribution is -2.52. The molecular weight excluding hydrogens is 394 g/mol. The predicted octanol–water partition coefficient (Wildman–Crippen LogP) is 4.02. The Hall–Kier alpha value is -2.73. The van der Waals surface area contributed by atoms with Gasteiger partial charge in [0, 0.05) is 37.4 Å². The van der Waals surface area contributed by atoms with Gasteiger partial charge in [-0.05, 0) is 50.1 Å². The molecule has 4 rings (SSSR count). The first-order valence-electron chi connectivity index (χ1n) is 11.0. The minimum atomic E-state index is -0.328. The molecule has 0 aromatic heterocycles. The van der Waals surface area contributed by atoms with Crippen LogP contribution < -0.4 is 14.2 Å². The fraction of sp³-hybridized carbons (Fsp3) is 0.480. The second-order valence-corrected chi connectivity index (χ2v) is 8.73. The number of fused-ring (bicyclic) bond motifs is 1. The van der Waals surface area contributed by atoms with Crippen molar-refractivity contribution in [2.75, 3.05) is 26.8 Å². The van der Waals surface area contributed by atoms with Gasteiger partial charge in [-0.2, -0.15) is 0 Å². The van der Waals surface area contributed by atoms with Crippen molar-refractivity contribution < 1.29 is 24.1 Å². The van der Waals surface area contributed by atoms with Crippen molar-refractivity contribution in [2.24, 2.45) is 0 Å². The predicted molar refractivity (Wildman–Crippen MR) is 118 cm³/mol. The van der Waals surface area contributed by atoms with Crippen LogP contribution in [0.5, 0.6) is 17.2 Å². The summed E-state index contributed by atoms with van der Waals surface area (Å²) >= 11 is 0. The van der Waals surface area contributed by atoms with E-state index in [4.69, 9.17) is 14.2 Å². The number of nitrogens with zero attached hydrogens (tertiary/aromatic N) is 1. The van der Waals surface area contributed by atoms with E-state index in [0.29, 0.717) is 30.2 Å². The van der Waals surface area contributed by atoms with Crippen LogP contribution in [0.15, 0.2) is 42.5 Å². The first-order valence-corrected chi connectivity index (χ1v) is 11.0. The van der Waals surface area contributed by atoms with Crippen LogP contribution in [0, 0.1) is 0 Å². The van der Waals surface area contributed by atoms with E-state index in [1.165, 1.54) is 0 Å². The summed E-state index contributed by atoms with van der Waals surface area (Å²) in [7, 11) is 1.58. The first-order chi connectivity index (χ1) is 14.9. The van der Waals surface area contributed by atoms with Gasteiger partial charge < -0.3 is 24.2 Å². The summed E-state index contributed by atoms with van der Waals surface area (Å²) in [4.78, 5) is 15.0. The number of aliphatic hydroxyl groups excluding tert-OH is 1. The number of methoxy groups -OCH3 is 1. The number of ether oxygens (including phenoxy) is 3. The summed E-state index contributed by atoms with van der Waals surface area (Å²) in [5.74, 6) is 2.11. The number of carbonyl (C=O) groups is 1. The van der Waals surface area contributed by atoms with E-state index in [-0.39, 0.29) is 30.1 Å². The molecule has 1 fully saturated rings. The summed E-state index contributed by atoms with van der Waals surface area (Å²) in [6, 6.07) is 13.3. The van der Waals surface area contributed by atoms with E-state index in [1.807, 2.05) is 43.0 Å². The molecule has 2 aromatic carbocycles. The largest absolute Gasteiger partial charge is 0.493 e. The van der Waals surface area contributed by atoms with Crippen molar-refractivity contribution in [3.05, 3.63) is 53.6 Å². The van der Waals surface area contributed by atoms with Crippen LogP contribution in [0.2, 0.25) is 0 Å². The third-order valence-corrected chi connectivity index (χ3v) is 6.26. The summed E-state index contributed by atoms with van der Waals surface area (Å²) in [6.07, 6.45) is 2.29. The fourth-order valence-corrected chi connectivity index (χ4v) is 4.67. The molecule has 1 unspecified atom stereocenters. The Labute approximate surface area is 183 Å². The maximum absolute atomic E-state index is 13.1. The Morgan fingerprint density at radius 2 is 1.94 bits per heavy atom. The quantitative estimate of drug-likeness (QED) is 0.784. The number of likely N-dealkylation sites (tertiary alicyclic amines) is 1. The average Bonchev–Trinajstić information content (AvgIpc) is 2.78. The van der Waals surface area contributed by atoms with Gasteiger partial charge in [0.25, 0.3) is 5.91 Å². The number of amides is 1. The number of carbonyl (C=O) groups excluding carboxylic acids is 1. The zero-order valence-corrected chi connectivity index (χ0v) is 18.5. The SMILES string of the molecule is COc1cc(C(=O)N2CCC3(CC2)CC(CO)c2ccccc2O3)ccc1OC(C)C. The Morgan fingerprint density at radius 1 is 1.19 bits per heavy atom. The van der Waals surface area contributed by atoms with Gasteiger partial charge >= 0.3 is 0 Å². The number of piperidine rings is 1. The van der Waals surface area contributed by atoms with Gasteiger partial charge in [0.05, 0.1) is 19.8 Å². The van der Waals surface area contributed by atoms with Crippen molar-refractivity contribution in [3.8, 4) is 17.2 Å². The number of hydrogen-bond acceptors (Lipinski definition) is 5. The van der Waals surface area contributed by atoms with E-state index in [0.717, 1.165) is 30.6 Å². The highest BCUT2D eigenvalue weighted by molar-refractivity contribution is 5.95. The minimum Gasteiger partial charge on any atom is -0.493 e. The van der Waals surface area contributed by atoms with Crippen molar-refractivity contribution >= 4 is 5.91 Å². The number of hydrogen-bond donors (Lipinski definition) is 1. The molecule has 2 aliphatic rings. The van der Waals surface area contributed by atoms with E-state index < -0.39 is 0 Å². The van der Waals surface area contributed by atoms with Crippen LogP contribution in [0.25, 0.3) is 0 Å². The Kier molecular flexibility index (Phi) is 6.10. The Balaban J connectivity index is 1.46. The van der Waals surface area contributed by atoms with Gasteiger partial charge in [-0.15, -0.1) is 0 Å². The monoisotopic (exact) mass is 425 g/mol. The summed E-state index contributed by atoms with van der Waals surface area (Å²) < 4.78 is 17.6.